The van der Waals surface area contributed by atoms with Crippen LogP contribution in [-0.2, 0) is 0 Å². The minimum Gasteiger partial charge on any atom is -0.508 e. The molecule has 2 unspecified atom stereocenters. The van der Waals surface area contributed by atoms with Crippen molar-refractivity contribution in [3.05, 3.63) is 29.8 Å². The van der Waals surface area contributed by atoms with Crippen LogP contribution in [0.2, 0.25) is 0 Å². The van der Waals surface area contributed by atoms with Crippen molar-refractivity contribution in [1.29, 1.82) is 0 Å². The third-order valence-electron chi connectivity index (χ3n) is 1.84. The molecule has 0 saturated heterocycles. The second-order valence-electron chi connectivity index (χ2n) is 3.19. The Morgan fingerprint density at radius 1 is 1.15 bits per heavy atom. The molecule has 3 nitrogen and oxygen atoms in total. The fraction of sp³-hybridized carbons (Fsp3) is 0.400. The Morgan fingerprint density at radius 3 is 2.15 bits per heavy atom. The molecule has 0 heterocycles. The van der Waals surface area contributed by atoms with Gasteiger partial charge in [-0.3, -0.25) is 0 Å². The maximum Gasteiger partial charge on any atom is 0.115 e. The number of aromatic hydroxyl groups is 1. The molecule has 3 N–H and O–H groups in total. The number of benzene rings is 1. The van der Waals surface area contributed by atoms with Crippen molar-refractivity contribution in [2.24, 2.45) is 0 Å². The Kier molecular flexibility index (Phi) is 3.28. The maximum atomic E-state index is 9.54. The molecule has 0 fully saturated rings. The summed E-state index contributed by atoms with van der Waals surface area (Å²) in [5.41, 5.74) is 0.707. The standard InChI is InChI=1S/C10H14O3/c1-7(11)6-10(13)8-2-4-9(12)5-3-8/h2-5,7,10-13H,6H2,1H3. The van der Waals surface area contributed by atoms with E-state index in [1.807, 2.05) is 0 Å². The molecule has 3 heteroatoms. The molecular formula is C10H14O3. The van der Waals surface area contributed by atoms with E-state index in [0.29, 0.717) is 12.0 Å². The van der Waals surface area contributed by atoms with Gasteiger partial charge >= 0.3 is 0 Å². The summed E-state index contributed by atoms with van der Waals surface area (Å²) >= 11 is 0. The molecule has 0 saturated carbocycles. The van der Waals surface area contributed by atoms with Crippen LogP contribution in [0.15, 0.2) is 24.3 Å². The van der Waals surface area contributed by atoms with Crippen LogP contribution in [0.5, 0.6) is 5.75 Å². The molecule has 1 aromatic rings. The third-order valence-corrected chi connectivity index (χ3v) is 1.84. The highest BCUT2D eigenvalue weighted by molar-refractivity contribution is 5.27. The SMILES string of the molecule is CC(O)CC(O)c1ccc(O)cc1. The average molecular weight is 182 g/mol. The number of aliphatic hydroxyl groups excluding tert-OH is 2. The van der Waals surface area contributed by atoms with Crippen LogP contribution in [0.3, 0.4) is 0 Å². The second kappa shape index (κ2) is 4.25. The van der Waals surface area contributed by atoms with Crippen molar-refractivity contribution in [3.63, 3.8) is 0 Å². The molecular weight excluding hydrogens is 168 g/mol. The van der Waals surface area contributed by atoms with Crippen LogP contribution in [-0.4, -0.2) is 21.4 Å². The molecule has 0 radical (unpaired) electrons. The molecule has 0 bridgehead atoms. The van der Waals surface area contributed by atoms with Gasteiger partial charge in [-0.15, -0.1) is 0 Å². The lowest BCUT2D eigenvalue weighted by atomic mass is 10.0. The number of hydrogen-bond donors (Lipinski definition) is 3. The highest BCUT2D eigenvalue weighted by Crippen LogP contribution is 2.20. The van der Waals surface area contributed by atoms with Crippen LogP contribution in [0.4, 0.5) is 0 Å². The molecule has 0 aromatic heterocycles. The Hall–Kier alpha value is -1.06. The van der Waals surface area contributed by atoms with E-state index in [1.54, 1.807) is 19.1 Å². The zero-order valence-corrected chi connectivity index (χ0v) is 7.51. The topological polar surface area (TPSA) is 60.7 Å². The molecule has 0 aliphatic carbocycles. The van der Waals surface area contributed by atoms with Crippen LogP contribution < -0.4 is 0 Å². The summed E-state index contributed by atoms with van der Waals surface area (Å²) in [6, 6.07) is 6.31. The zero-order valence-electron chi connectivity index (χ0n) is 7.51. The van der Waals surface area contributed by atoms with Gasteiger partial charge in [0.15, 0.2) is 0 Å². The van der Waals surface area contributed by atoms with Crippen molar-refractivity contribution in [1.82, 2.24) is 0 Å². The van der Waals surface area contributed by atoms with Gasteiger partial charge in [-0.1, -0.05) is 12.1 Å². The van der Waals surface area contributed by atoms with Gasteiger partial charge in [0, 0.05) is 6.42 Å². The predicted molar refractivity (Wildman–Crippen MR) is 49.4 cm³/mol. The van der Waals surface area contributed by atoms with E-state index < -0.39 is 12.2 Å². The number of hydrogen-bond acceptors (Lipinski definition) is 3. The molecule has 0 spiro atoms. The van der Waals surface area contributed by atoms with E-state index in [-0.39, 0.29) is 5.75 Å². The molecule has 0 aliphatic heterocycles. The first-order chi connectivity index (χ1) is 6.09. The summed E-state index contributed by atoms with van der Waals surface area (Å²) in [7, 11) is 0. The van der Waals surface area contributed by atoms with Crippen LogP contribution >= 0.6 is 0 Å². The van der Waals surface area contributed by atoms with E-state index in [1.165, 1.54) is 12.1 Å². The smallest absolute Gasteiger partial charge is 0.115 e. The van der Waals surface area contributed by atoms with Crippen molar-refractivity contribution >= 4 is 0 Å². The summed E-state index contributed by atoms with van der Waals surface area (Å²) in [4.78, 5) is 0. The van der Waals surface area contributed by atoms with E-state index in [2.05, 4.69) is 0 Å². The molecule has 2 atom stereocenters. The first kappa shape index (κ1) is 10.0. The van der Waals surface area contributed by atoms with Gasteiger partial charge in [0.1, 0.15) is 5.75 Å². The normalized spacial score (nSPS) is 15.3. The monoisotopic (exact) mass is 182 g/mol. The van der Waals surface area contributed by atoms with E-state index in [4.69, 9.17) is 10.2 Å². The second-order valence-corrected chi connectivity index (χ2v) is 3.19. The summed E-state index contributed by atoms with van der Waals surface area (Å²) in [6.07, 6.45) is -0.880. The minimum atomic E-state index is -0.666. The van der Waals surface area contributed by atoms with Gasteiger partial charge in [0.25, 0.3) is 0 Å². The minimum absolute atomic E-state index is 0.174. The number of aliphatic hydroxyl groups is 2. The lowest BCUT2D eigenvalue weighted by Crippen LogP contribution is -2.07. The molecule has 72 valence electrons. The Labute approximate surface area is 77.3 Å². The van der Waals surface area contributed by atoms with Crippen LogP contribution in [0.25, 0.3) is 0 Å². The van der Waals surface area contributed by atoms with E-state index >= 15 is 0 Å². The van der Waals surface area contributed by atoms with Crippen molar-refractivity contribution in [2.45, 2.75) is 25.6 Å². The van der Waals surface area contributed by atoms with Crippen LogP contribution in [0, 0.1) is 0 Å². The number of rotatable bonds is 3. The Balaban J connectivity index is 2.66. The summed E-state index contributed by atoms with van der Waals surface area (Å²) in [6.45, 7) is 1.63. The Bertz CT molecular complexity index is 253. The van der Waals surface area contributed by atoms with Crippen molar-refractivity contribution in [3.8, 4) is 5.75 Å². The van der Waals surface area contributed by atoms with Gasteiger partial charge in [-0.05, 0) is 24.6 Å². The Morgan fingerprint density at radius 2 is 1.69 bits per heavy atom. The maximum absolute atomic E-state index is 9.54. The van der Waals surface area contributed by atoms with Gasteiger partial charge in [-0.25, -0.2) is 0 Å². The van der Waals surface area contributed by atoms with E-state index in [9.17, 15) is 5.11 Å². The summed E-state index contributed by atoms with van der Waals surface area (Å²) in [5.74, 6) is 0.174. The lowest BCUT2D eigenvalue weighted by Gasteiger charge is -2.12. The lowest BCUT2D eigenvalue weighted by molar-refractivity contribution is 0.0907. The highest BCUT2D eigenvalue weighted by Gasteiger charge is 2.09. The first-order valence-electron chi connectivity index (χ1n) is 4.24. The van der Waals surface area contributed by atoms with Gasteiger partial charge in [-0.2, -0.15) is 0 Å². The average Bonchev–Trinajstić information content (AvgIpc) is 2.04. The van der Waals surface area contributed by atoms with Crippen molar-refractivity contribution < 1.29 is 15.3 Å². The summed E-state index contributed by atoms with van der Waals surface area (Å²) < 4.78 is 0. The molecule has 13 heavy (non-hydrogen) atoms. The third kappa shape index (κ3) is 3.05. The molecule has 0 aliphatic rings. The van der Waals surface area contributed by atoms with E-state index in [0.717, 1.165) is 0 Å². The zero-order chi connectivity index (χ0) is 9.84. The van der Waals surface area contributed by atoms with Gasteiger partial charge in [0.05, 0.1) is 12.2 Å². The quantitative estimate of drug-likeness (QED) is 0.658. The predicted octanol–water partition coefficient (Wildman–Crippen LogP) is 1.20. The van der Waals surface area contributed by atoms with Gasteiger partial charge < -0.3 is 15.3 Å². The molecule has 1 rings (SSSR count). The fourth-order valence-electron chi connectivity index (χ4n) is 1.16. The van der Waals surface area contributed by atoms with Crippen molar-refractivity contribution in [2.75, 3.05) is 0 Å². The van der Waals surface area contributed by atoms with Crippen LogP contribution in [0.1, 0.15) is 25.0 Å². The molecule has 1 aromatic carbocycles. The fourth-order valence-corrected chi connectivity index (χ4v) is 1.16. The molecule has 0 amide bonds. The number of phenolic OH excluding ortho intramolecular Hbond substituents is 1. The van der Waals surface area contributed by atoms with Gasteiger partial charge in [0.2, 0.25) is 0 Å². The number of phenols is 1. The largest absolute Gasteiger partial charge is 0.508 e. The highest BCUT2D eigenvalue weighted by atomic mass is 16.3. The first-order valence-corrected chi connectivity index (χ1v) is 4.24. The summed E-state index contributed by atoms with van der Waals surface area (Å²) in [5, 5.41) is 27.6.